The average molecular weight is 315 g/mol. The zero-order valence-electron chi connectivity index (χ0n) is 10.2. The number of hydrogen-bond donors (Lipinski definition) is 1. The van der Waals surface area contributed by atoms with Gasteiger partial charge in [0.25, 0.3) is 0 Å². The monoisotopic (exact) mass is 314 g/mol. The predicted octanol–water partition coefficient (Wildman–Crippen LogP) is 3.08. The topological polar surface area (TPSA) is 15.3 Å². The summed E-state index contributed by atoms with van der Waals surface area (Å²) in [7, 11) is 0. The molecule has 1 atom stereocenters. The van der Waals surface area contributed by atoms with E-state index in [1.54, 1.807) is 0 Å². The molecule has 17 heavy (non-hydrogen) atoms. The fourth-order valence-corrected chi connectivity index (χ4v) is 4.39. The van der Waals surface area contributed by atoms with Crippen LogP contribution < -0.4 is 5.32 Å². The lowest BCUT2D eigenvalue weighted by molar-refractivity contribution is 0.122. The molecule has 0 bridgehead atoms. The lowest BCUT2D eigenvalue weighted by atomic mass is 9.93. The number of nitrogens with one attached hydrogen (secondary N) is 1. The van der Waals surface area contributed by atoms with Crippen molar-refractivity contribution in [3.63, 3.8) is 0 Å². The summed E-state index contributed by atoms with van der Waals surface area (Å²) in [5.41, 5.74) is 0.363. The van der Waals surface area contributed by atoms with Gasteiger partial charge in [-0.1, -0.05) is 0 Å². The summed E-state index contributed by atoms with van der Waals surface area (Å²) in [6.07, 6.45) is 2.83. The number of piperazine rings is 1. The van der Waals surface area contributed by atoms with Gasteiger partial charge in [-0.15, -0.1) is 11.3 Å². The van der Waals surface area contributed by atoms with Crippen LogP contribution in [0.4, 0.5) is 0 Å². The van der Waals surface area contributed by atoms with Crippen LogP contribution in [0.1, 0.15) is 24.6 Å². The van der Waals surface area contributed by atoms with Gasteiger partial charge in [0.1, 0.15) is 0 Å². The SMILES string of the molecule is CC1(C2CC2)CN(Cc2sccc2Br)CCN1. The first kappa shape index (κ1) is 12.2. The van der Waals surface area contributed by atoms with Crippen molar-refractivity contribution < 1.29 is 0 Å². The third-order valence-electron chi connectivity index (χ3n) is 4.05. The van der Waals surface area contributed by atoms with E-state index in [9.17, 15) is 0 Å². The molecule has 1 aliphatic carbocycles. The number of hydrogen-bond acceptors (Lipinski definition) is 3. The van der Waals surface area contributed by atoms with E-state index in [-0.39, 0.29) is 0 Å². The smallest absolute Gasteiger partial charge is 0.0340 e. The van der Waals surface area contributed by atoms with Crippen LogP contribution in [0.25, 0.3) is 0 Å². The summed E-state index contributed by atoms with van der Waals surface area (Å²) in [4.78, 5) is 4.07. The van der Waals surface area contributed by atoms with Crippen LogP contribution in [-0.4, -0.2) is 30.1 Å². The van der Waals surface area contributed by atoms with Crippen molar-refractivity contribution in [3.8, 4) is 0 Å². The number of halogens is 1. The Bertz CT molecular complexity index is 402. The number of nitrogens with zero attached hydrogens (tertiary/aromatic N) is 1. The second kappa shape index (κ2) is 4.65. The normalized spacial score (nSPS) is 30.7. The summed E-state index contributed by atoms with van der Waals surface area (Å²) < 4.78 is 1.27. The minimum atomic E-state index is 0.363. The van der Waals surface area contributed by atoms with E-state index >= 15 is 0 Å². The molecule has 1 unspecified atom stereocenters. The Balaban J connectivity index is 1.66. The van der Waals surface area contributed by atoms with Crippen LogP contribution in [0.3, 0.4) is 0 Å². The molecular weight excluding hydrogens is 296 g/mol. The largest absolute Gasteiger partial charge is 0.309 e. The van der Waals surface area contributed by atoms with Crippen molar-refractivity contribution >= 4 is 27.3 Å². The van der Waals surface area contributed by atoms with E-state index < -0.39 is 0 Å². The van der Waals surface area contributed by atoms with Gasteiger partial charge in [0, 0.05) is 41.1 Å². The highest BCUT2D eigenvalue weighted by atomic mass is 79.9. The quantitative estimate of drug-likeness (QED) is 0.922. The van der Waals surface area contributed by atoms with E-state index in [1.807, 2.05) is 11.3 Å². The molecule has 1 aromatic heterocycles. The van der Waals surface area contributed by atoms with Crippen molar-refractivity contribution in [2.45, 2.75) is 31.8 Å². The minimum Gasteiger partial charge on any atom is -0.309 e. The molecule has 0 spiro atoms. The Labute approximate surface area is 116 Å². The van der Waals surface area contributed by atoms with Gasteiger partial charge in [-0.2, -0.15) is 0 Å². The summed E-state index contributed by atoms with van der Waals surface area (Å²) in [5.74, 6) is 0.914. The van der Waals surface area contributed by atoms with Gasteiger partial charge >= 0.3 is 0 Å². The maximum Gasteiger partial charge on any atom is 0.0340 e. The van der Waals surface area contributed by atoms with E-state index in [1.165, 1.54) is 35.3 Å². The van der Waals surface area contributed by atoms with Crippen LogP contribution >= 0.6 is 27.3 Å². The molecule has 1 saturated carbocycles. The minimum absolute atomic E-state index is 0.363. The first-order chi connectivity index (χ1) is 8.17. The molecule has 1 aliphatic heterocycles. The van der Waals surface area contributed by atoms with Gasteiger partial charge in [-0.05, 0) is 53.1 Å². The van der Waals surface area contributed by atoms with Crippen molar-refractivity contribution in [3.05, 3.63) is 20.8 Å². The molecule has 0 amide bonds. The Kier molecular flexibility index (Phi) is 3.32. The molecule has 1 saturated heterocycles. The van der Waals surface area contributed by atoms with Crippen LogP contribution in [0.15, 0.2) is 15.9 Å². The molecule has 0 aromatic carbocycles. The predicted molar refractivity (Wildman–Crippen MR) is 76.4 cm³/mol. The Morgan fingerprint density at radius 1 is 1.59 bits per heavy atom. The molecular formula is C13H19BrN2S. The Morgan fingerprint density at radius 3 is 3.06 bits per heavy atom. The highest BCUT2D eigenvalue weighted by Gasteiger charge is 2.43. The van der Waals surface area contributed by atoms with E-state index in [0.717, 1.165) is 19.0 Å². The third-order valence-corrected chi connectivity index (χ3v) is 5.96. The zero-order valence-corrected chi connectivity index (χ0v) is 12.6. The molecule has 2 aliphatic rings. The molecule has 94 valence electrons. The van der Waals surface area contributed by atoms with Gasteiger partial charge in [-0.3, -0.25) is 4.90 Å². The van der Waals surface area contributed by atoms with Gasteiger partial charge in [0.2, 0.25) is 0 Å². The molecule has 3 rings (SSSR count). The highest BCUT2D eigenvalue weighted by molar-refractivity contribution is 9.10. The highest BCUT2D eigenvalue weighted by Crippen LogP contribution is 2.41. The summed E-state index contributed by atoms with van der Waals surface area (Å²) in [6, 6.07) is 2.16. The maximum absolute atomic E-state index is 3.73. The summed E-state index contributed by atoms with van der Waals surface area (Å²) >= 11 is 5.49. The van der Waals surface area contributed by atoms with Gasteiger partial charge in [-0.25, -0.2) is 0 Å². The fourth-order valence-electron chi connectivity index (χ4n) is 2.87. The van der Waals surface area contributed by atoms with Crippen molar-refractivity contribution in [1.29, 1.82) is 0 Å². The second-order valence-corrected chi connectivity index (χ2v) is 7.38. The lowest BCUT2D eigenvalue weighted by Crippen LogP contribution is -2.59. The zero-order chi connectivity index (χ0) is 11.9. The maximum atomic E-state index is 3.73. The van der Waals surface area contributed by atoms with Crippen LogP contribution in [0, 0.1) is 5.92 Å². The van der Waals surface area contributed by atoms with E-state index in [0.29, 0.717) is 5.54 Å². The fraction of sp³-hybridized carbons (Fsp3) is 0.692. The van der Waals surface area contributed by atoms with Crippen molar-refractivity contribution in [2.75, 3.05) is 19.6 Å². The summed E-state index contributed by atoms with van der Waals surface area (Å²) in [6.45, 7) is 7.01. The lowest BCUT2D eigenvalue weighted by Gasteiger charge is -2.42. The molecule has 2 heterocycles. The Hall–Kier alpha value is 0.1000. The van der Waals surface area contributed by atoms with E-state index in [4.69, 9.17) is 0 Å². The molecule has 0 radical (unpaired) electrons. The number of thiophene rings is 1. The Morgan fingerprint density at radius 2 is 2.41 bits per heavy atom. The molecule has 1 N–H and O–H groups in total. The van der Waals surface area contributed by atoms with Gasteiger partial charge in [0.15, 0.2) is 0 Å². The van der Waals surface area contributed by atoms with Gasteiger partial charge < -0.3 is 5.32 Å². The van der Waals surface area contributed by atoms with Crippen molar-refractivity contribution in [2.24, 2.45) is 5.92 Å². The van der Waals surface area contributed by atoms with Crippen LogP contribution in [0.5, 0.6) is 0 Å². The molecule has 2 nitrogen and oxygen atoms in total. The first-order valence-electron chi connectivity index (χ1n) is 6.37. The van der Waals surface area contributed by atoms with Crippen LogP contribution in [-0.2, 0) is 6.54 Å². The first-order valence-corrected chi connectivity index (χ1v) is 8.04. The average Bonchev–Trinajstić information content (AvgIpc) is 3.07. The van der Waals surface area contributed by atoms with Gasteiger partial charge in [0.05, 0.1) is 0 Å². The second-order valence-electron chi connectivity index (χ2n) is 5.52. The third kappa shape index (κ3) is 2.60. The molecule has 2 fully saturated rings. The standard InChI is InChI=1S/C13H19BrN2S/c1-13(10-2-3-10)9-16(6-5-15-13)8-12-11(14)4-7-17-12/h4,7,10,15H,2-3,5-6,8-9H2,1H3. The number of rotatable bonds is 3. The molecule has 4 heteroatoms. The van der Waals surface area contributed by atoms with E-state index in [2.05, 4.69) is 44.5 Å². The van der Waals surface area contributed by atoms with Crippen molar-refractivity contribution in [1.82, 2.24) is 10.2 Å². The van der Waals surface area contributed by atoms with Crippen LogP contribution in [0.2, 0.25) is 0 Å². The molecule has 1 aromatic rings. The summed E-state index contributed by atoms with van der Waals surface area (Å²) in [5, 5.41) is 5.90.